The Morgan fingerprint density at radius 1 is 1.07 bits per heavy atom. The van der Waals surface area contributed by atoms with Crippen LogP contribution in [0.2, 0.25) is 0 Å². The number of nitrogens with zero attached hydrogens (tertiary/aromatic N) is 2. The van der Waals surface area contributed by atoms with Gasteiger partial charge in [0.1, 0.15) is 5.75 Å². The predicted molar refractivity (Wildman–Crippen MR) is 116 cm³/mol. The van der Waals surface area contributed by atoms with E-state index in [1.165, 1.54) is 55.2 Å². The average molecular weight is 369 g/mol. The molecular formula is C24H36N2O. The van der Waals surface area contributed by atoms with Gasteiger partial charge in [-0.3, -0.25) is 0 Å². The van der Waals surface area contributed by atoms with E-state index in [0.717, 1.165) is 11.8 Å². The van der Waals surface area contributed by atoms with E-state index in [9.17, 15) is 0 Å². The number of methoxy groups -OCH3 is 1. The van der Waals surface area contributed by atoms with Crippen LogP contribution in [0.25, 0.3) is 10.8 Å². The fourth-order valence-corrected chi connectivity index (χ4v) is 4.39. The fraction of sp³-hybridized carbons (Fsp3) is 0.583. The van der Waals surface area contributed by atoms with E-state index < -0.39 is 0 Å². The van der Waals surface area contributed by atoms with Crippen LogP contribution in [0.1, 0.15) is 44.6 Å². The summed E-state index contributed by atoms with van der Waals surface area (Å²) < 4.78 is 5.37. The molecule has 2 atom stereocenters. The first kappa shape index (κ1) is 20.2. The third kappa shape index (κ3) is 4.83. The van der Waals surface area contributed by atoms with Crippen LogP contribution >= 0.6 is 0 Å². The molecule has 1 fully saturated rings. The van der Waals surface area contributed by atoms with E-state index in [0.29, 0.717) is 11.8 Å². The standard InChI is InChI=1S/C24H36N2O/c1-6-18(2)24(17-26-13-11-22(12-14-26)25(3)4)21-8-7-20-16-23(27-5)10-9-19(20)15-21/h7-10,15-16,18,22,24H,6,11-14,17H2,1-5H3. The second-order valence-corrected chi connectivity index (χ2v) is 8.46. The van der Waals surface area contributed by atoms with Gasteiger partial charge in [-0.15, -0.1) is 0 Å². The highest BCUT2D eigenvalue weighted by Gasteiger charge is 2.26. The van der Waals surface area contributed by atoms with Crippen molar-refractivity contribution in [1.82, 2.24) is 9.80 Å². The van der Waals surface area contributed by atoms with Crippen molar-refractivity contribution in [3.05, 3.63) is 42.0 Å². The van der Waals surface area contributed by atoms with Gasteiger partial charge in [0.25, 0.3) is 0 Å². The van der Waals surface area contributed by atoms with Crippen molar-refractivity contribution in [2.45, 2.75) is 45.1 Å². The zero-order valence-corrected chi connectivity index (χ0v) is 17.7. The number of hydrogen-bond acceptors (Lipinski definition) is 3. The Kier molecular flexibility index (Phi) is 6.78. The van der Waals surface area contributed by atoms with Crippen molar-refractivity contribution in [3.63, 3.8) is 0 Å². The third-order valence-electron chi connectivity index (χ3n) is 6.57. The molecule has 1 saturated heterocycles. The molecule has 148 valence electrons. The fourth-order valence-electron chi connectivity index (χ4n) is 4.39. The number of benzene rings is 2. The summed E-state index contributed by atoms with van der Waals surface area (Å²) in [4.78, 5) is 5.08. The topological polar surface area (TPSA) is 15.7 Å². The molecule has 3 nitrogen and oxygen atoms in total. The van der Waals surface area contributed by atoms with Crippen molar-refractivity contribution in [2.24, 2.45) is 5.92 Å². The van der Waals surface area contributed by atoms with Crippen molar-refractivity contribution in [3.8, 4) is 5.75 Å². The van der Waals surface area contributed by atoms with Crippen LogP contribution in [0.4, 0.5) is 0 Å². The Bertz CT molecular complexity index is 734. The molecule has 0 amide bonds. The number of fused-ring (bicyclic) bond motifs is 1. The quantitative estimate of drug-likeness (QED) is 0.684. The van der Waals surface area contributed by atoms with Crippen LogP contribution in [-0.4, -0.2) is 56.7 Å². The van der Waals surface area contributed by atoms with Crippen LogP contribution in [0, 0.1) is 5.92 Å². The van der Waals surface area contributed by atoms with E-state index in [4.69, 9.17) is 4.74 Å². The van der Waals surface area contributed by atoms with Crippen LogP contribution in [-0.2, 0) is 0 Å². The molecular weight excluding hydrogens is 332 g/mol. The lowest BCUT2D eigenvalue weighted by atomic mass is 9.84. The first-order chi connectivity index (χ1) is 13.0. The molecule has 0 aromatic heterocycles. The molecule has 3 rings (SSSR count). The molecule has 0 N–H and O–H groups in total. The highest BCUT2D eigenvalue weighted by Crippen LogP contribution is 2.32. The summed E-state index contributed by atoms with van der Waals surface area (Å²) in [7, 11) is 6.16. The average Bonchev–Trinajstić information content (AvgIpc) is 2.71. The van der Waals surface area contributed by atoms with E-state index in [-0.39, 0.29) is 0 Å². The summed E-state index contributed by atoms with van der Waals surface area (Å²) in [5.41, 5.74) is 1.48. The second kappa shape index (κ2) is 9.07. The van der Waals surface area contributed by atoms with Crippen molar-refractivity contribution in [2.75, 3.05) is 40.8 Å². The Morgan fingerprint density at radius 3 is 2.37 bits per heavy atom. The SMILES string of the molecule is CCC(C)C(CN1CCC(N(C)C)CC1)c1ccc2cc(OC)ccc2c1. The van der Waals surface area contributed by atoms with Crippen LogP contribution < -0.4 is 4.74 Å². The number of rotatable bonds is 7. The van der Waals surface area contributed by atoms with Gasteiger partial charge in [-0.1, -0.05) is 44.5 Å². The highest BCUT2D eigenvalue weighted by atomic mass is 16.5. The minimum atomic E-state index is 0.595. The molecule has 0 bridgehead atoms. The van der Waals surface area contributed by atoms with Crippen molar-refractivity contribution in [1.29, 1.82) is 0 Å². The van der Waals surface area contributed by atoms with Gasteiger partial charge in [0, 0.05) is 12.6 Å². The molecule has 0 spiro atoms. The summed E-state index contributed by atoms with van der Waals surface area (Å²) in [6.45, 7) is 8.36. The molecule has 1 heterocycles. The molecule has 1 aliphatic rings. The monoisotopic (exact) mass is 368 g/mol. The third-order valence-corrected chi connectivity index (χ3v) is 6.57. The zero-order chi connectivity index (χ0) is 19.4. The van der Waals surface area contributed by atoms with E-state index >= 15 is 0 Å². The van der Waals surface area contributed by atoms with Gasteiger partial charge in [0.15, 0.2) is 0 Å². The summed E-state index contributed by atoms with van der Waals surface area (Å²) in [6, 6.07) is 14.1. The number of likely N-dealkylation sites (tertiary alicyclic amines) is 1. The number of piperidine rings is 1. The van der Waals surface area contributed by atoms with Gasteiger partial charge in [-0.25, -0.2) is 0 Å². The molecule has 3 heteroatoms. The summed E-state index contributed by atoms with van der Waals surface area (Å²) in [6.07, 6.45) is 3.80. The maximum atomic E-state index is 5.37. The molecule has 0 aliphatic carbocycles. The molecule has 2 unspecified atom stereocenters. The second-order valence-electron chi connectivity index (χ2n) is 8.46. The Labute approximate surface area is 165 Å². The lowest BCUT2D eigenvalue weighted by Crippen LogP contribution is -2.43. The minimum absolute atomic E-state index is 0.595. The van der Waals surface area contributed by atoms with E-state index in [1.807, 2.05) is 0 Å². The normalized spacial score (nSPS) is 18.7. The first-order valence-electron chi connectivity index (χ1n) is 10.5. The van der Waals surface area contributed by atoms with Crippen molar-refractivity contribution >= 4 is 10.8 Å². The van der Waals surface area contributed by atoms with Crippen LogP contribution in [0.15, 0.2) is 36.4 Å². The number of hydrogen-bond donors (Lipinski definition) is 0. The molecule has 2 aromatic carbocycles. The molecule has 27 heavy (non-hydrogen) atoms. The molecule has 0 saturated carbocycles. The maximum absolute atomic E-state index is 5.37. The lowest BCUT2D eigenvalue weighted by Gasteiger charge is -2.38. The minimum Gasteiger partial charge on any atom is -0.497 e. The number of ether oxygens (including phenoxy) is 1. The van der Waals surface area contributed by atoms with Crippen LogP contribution in [0.5, 0.6) is 5.75 Å². The van der Waals surface area contributed by atoms with E-state index in [2.05, 4.69) is 74.1 Å². The van der Waals surface area contributed by atoms with Gasteiger partial charge in [-0.2, -0.15) is 0 Å². The van der Waals surface area contributed by atoms with Gasteiger partial charge in [0.2, 0.25) is 0 Å². The lowest BCUT2D eigenvalue weighted by molar-refractivity contribution is 0.132. The smallest absolute Gasteiger partial charge is 0.119 e. The summed E-state index contributed by atoms with van der Waals surface area (Å²) >= 11 is 0. The van der Waals surface area contributed by atoms with Crippen LogP contribution in [0.3, 0.4) is 0 Å². The van der Waals surface area contributed by atoms with Gasteiger partial charge in [0.05, 0.1) is 7.11 Å². The Morgan fingerprint density at radius 2 is 1.74 bits per heavy atom. The highest BCUT2D eigenvalue weighted by molar-refractivity contribution is 5.84. The molecule has 0 radical (unpaired) electrons. The first-order valence-corrected chi connectivity index (χ1v) is 10.5. The van der Waals surface area contributed by atoms with Gasteiger partial charge in [-0.05, 0) is 80.3 Å². The largest absolute Gasteiger partial charge is 0.497 e. The van der Waals surface area contributed by atoms with Gasteiger partial charge >= 0.3 is 0 Å². The van der Waals surface area contributed by atoms with Gasteiger partial charge < -0.3 is 14.5 Å². The molecule has 1 aliphatic heterocycles. The van der Waals surface area contributed by atoms with E-state index in [1.54, 1.807) is 7.11 Å². The zero-order valence-electron chi connectivity index (χ0n) is 17.7. The maximum Gasteiger partial charge on any atom is 0.119 e. The Hall–Kier alpha value is -1.58. The summed E-state index contributed by atoms with van der Waals surface area (Å²) in [5.74, 6) is 2.21. The Balaban J connectivity index is 1.77. The van der Waals surface area contributed by atoms with Crippen molar-refractivity contribution < 1.29 is 4.74 Å². The summed E-state index contributed by atoms with van der Waals surface area (Å²) in [5, 5.41) is 2.57. The predicted octanol–water partition coefficient (Wildman–Crippen LogP) is 5.00. The molecule has 2 aromatic rings.